The van der Waals surface area contributed by atoms with E-state index in [-0.39, 0.29) is 6.04 Å². The van der Waals surface area contributed by atoms with Crippen molar-refractivity contribution >= 4 is 5.95 Å². The van der Waals surface area contributed by atoms with Crippen LogP contribution in [0.15, 0.2) is 12.3 Å². The molecule has 0 bridgehead atoms. The zero-order valence-corrected chi connectivity index (χ0v) is 9.47. The highest BCUT2D eigenvalue weighted by atomic mass is 16.5. The Balaban J connectivity index is 1.71. The second kappa shape index (κ2) is 4.30. The normalized spacial score (nSPS) is 27.7. The average molecular weight is 230 g/mol. The van der Waals surface area contributed by atoms with Crippen LogP contribution in [0.5, 0.6) is 0 Å². The molecule has 1 aromatic rings. The number of nitriles is 1. The van der Waals surface area contributed by atoms with Crippen LogP contribution in [0, 0.1) is 17.2 Å². The van der Waals surface area contributed by atoms with Crippen molar-refractivity contribution in [2.75, 3.05) is 11.9 Å². The first-order valence-electron chi connectivity index (χ1n) is 5.98. The Morgan fingerprint density at radius 2 is 2.29 bits per heavy atom. The lowest BCUT2D eigenvalue weighted by molar-refractivity contribution is 0.0897. The van der Waals surface area contributed by atoms with Gasteiger partial charge < -0.3 is 10.1 Å². The van der Waals surface area contributed by atoms with Crippen molar-refractivity contribution < 1.29 is 4.74 Å². The summed E-state index contributed by atoms with van der Waals surface area (Å²) in [4.78, 5) is 8.27. The van der Waals surface area contributed by atoms with Crippen molar-refractivity contribution in [3.05, 3.63) is 18.0 Å². The first-order chi connectivity index (χ1) is 8.36. The van der Waals surface area contributed by atoms with Gasteiger partial charge >= 0.3 is 0 Å². The molecule has 2 heterocycles. The van der Waals surface area contributed by atoms with Crippen molar-refractivity contribution in [3.8, 4) is 6.07 Å². The van der Waals surface area contributed by atoms with Crippen LogP contribution >= 0.6 is 0 Å². The number of anilines is 1. The maximum atomic E-state index is 8.78. The smallest absolute Gasteiger partial charge is 0.224 e. The lowest BCUT2D eigenvalue weighted by Crippen LogP contribution is -2.31. The molecule has 1 aliphatic carbocycles. The third-order valence-electron chi connectivity index (χ3n) is 3.31. The molecule has 2 fully saturated rings. The summed E-state index contributed by atoms with van der Waals surface area (Å²) < 4.78 is 5.74. The molecular weight excluding hydrogens is 216 g/mol. The van der Waals surface area contributed by atoms with Gasteiger partial charge in [0.2, 0.25) is 5.95 Å². The lowest BCUT2D eigenvalue weighted by atomic mass is 10.1. The molecule has 1 aliphatic heterocycles. The molecule has 1 aromatic heterocycles. The van der Waals surface area contributed by atoms with E-state index in [0.717, 1.165) is 13.0 Å². The predicted octanol–water partition coefficient (Wildman–Crippen LogP) is 1.33. The van der Waals surface area contributed by atoms with E-state index in [1.165, 1.54) is 12.8 Å². The van der Waals surface area contributed by atoms with Gasteiger partial charge in [-0.05, 0) is 31.2 Å². The maximum Gasteiger partial charge on any atom is 0.224 e. The van der Waals surface area contributed by atoms with Gasteiger partial charge in [0.1, 0.15) is 11.8 Å². The SMILES string of the molecule is N#Cc1ccnc(NC2CCOC2C2CC2)n1. The molecule has 1 N–H and O–H groups in total. The van der Waals surface area contributed by atoms with Crippen molar-refractivity contribution in [1.29, 1.82) is 5.26 Å². The Morgan fingerprint density at radius 3 is 3.06 bits per heavy atom. The van der Waals surface area contributed by atoms with Crippen molar-refractivity contribution in [2.45, 2.75) is 31.4 Å². The molecule has 3 rings (SSSR count). The second-order valence-corrected chi connectivity index (χ2v) is 4.59. The highest BCUT2D eigenvalue weighted by Gasteiger charge is 2.40. The van der Waals surface area contributed by atoms with Crippen LogP contribution in [-0.2, 0) is 4.74 Å². The number of hydrogen-bond acceptors (Lipinski definition) is 5. The van der Waals surface area contributed by atoms with E-state index in [1.807, 2.05) is 6.07 Å². The number of hydrogen-bond donors (Lipinski definition) is 1. The summed E-state index contributed by atoms with van der Waals surface area (Å²) in [6.45, 7) is 0.802. The standard InChI is InChI=1S/C12H14N4O/c13-7-9-3-5-14-12(15-9)16-10-4-6-17-11(10)8-1-2-8/h3,5,8,10-11H,1-2,4,6H2,(H,14,15,16). The molecule has 0 radical (unpaired) electrons. The topological polar surface area (TPSA) is 70.8 Å². The molecule has 5 heteroatoms. The fraction of sp³-hybridized carbons (Fsp3) is 0.583. The van der Waals surface area contributed by atoms with Gasteiger partial charge in [0.15, 0.2) is 0 Å². The average Bonchev–Trinajstić information content (AvgIpc) is 3.11. The Bertz CT molecular complexity index is 452. The summed E-state index contributed by atoms with van der Waals surface area (Å²) in [6.07, 6.45) is 5.42. The van der Waals surface area contributed by atoms with E-state index in [9.17, 15) is 0 Å². The quantitative estimate of drug-likeness (QED) is 0.848. The minimum absolute atomic E-state index is 0.288. The third kappa shape index (κ3) is 2.22. The van der Waals surface area contributed by atoms with Gasteiger partial charge in [-0.3, -0.25) is 0 Å². The number of nitrogens with zero attached hydrogens (tertiary/aromatic N) is 3. The lowest BCUT2D eigenvalue weighted by Gasteiger charge is -2.19. The zero-order valence-electron chi connectivity index (χ0n) is 9.47. The molecule has 5 nitrogen and oxygen atoms in total. The Kier molecular flexibility index (Phi) is 2.65. The van der Waals surface area contributed by atoms with Crippen LogP contribution in [0.4, 0.5) is 5.95 Å². The van der Waals surface area contributed by atoms with Crippen LogP contribution in [-0.4, -0.2) is 28.7 Å². The fourth-order valence-electron chi connectivity index (χ4n) is 2.31. The highest BCUT2D eigenvalue weighted by Crippen LogP contribution is 2.39. The summed E-state index contributed by atoms with van der Waals surface area (Å²) in [5, 5.41) is 12.1. The molecule has 0 aromatic carbocycles. The van der Waals surface area contributed by atoms with E-state index in [0.29, 0.717) is 23.7 Å². The van der Waals surface area contributed by atoms with Crippen LogP contribution < -0.4 is 5.32 Å². The molecule has 2 aliphatic rings. The van der Waals surface area contributed by atoms with Crippen LogP contribution in [0.1, 0.15) is 25.0 Å². The monoisotopic (exact) mass is 230 g/mol. The largest absolute Gasteiger partial charge is 0.376 e. The molecular formula is C12H14N4O. The van der Waals surface area contributed by atoms with E-state index < -0.39 is 0 Å². The zero-order chi connectivity index (χ0) is 11.7. The summed E-state index contributed by atoms with van der Waals surface area (Å²) in [5.74, 6) is 1.24. The van der Waals surface area contributed by atoms with E-state index in [1.54, 1.807) is 12.3 Å². The number of nitrogens with one attached hydrogen (secondary N) is 1. The second-order valence-electron chi connectivity index (χ2n) is 4.59. The summed E-state index contributed by atoms with van der Waals surface area (Å²) >= 11 is 0. The maximum absolute atomic E-state index is 8.78. The summed E-state index contributed by atoms with van der Waals surface area (Å²) in [7, 11) is 0. The van der Waals surface area contributed by atoms with E-state index in [4.69, 9.17) is 10.00 Å². The highest BCUT2D eigenvalue weighted by molar-refractivity contribution is 5.32. The van der Waals surface area contributed by atoms with Crippen molar-refractivity contribution in [1.82, 2.24) is 9.97 Å². The van der Waals surface area contributed by atoms with Gasteiger partial charge in [0, 0.05) is 12.8 Å². The Hall–Kier alpha value is -1.67. The van der Waals surface area contributed by atoms with Gasteiger partial charge in [0.25, 0.3) is 0 Å². The Labute approximate surface area is 99.8 Å². The molecule has 2 atom stereocenters. The van der Waals surface area contributed by atoms with Gasteiger partial charge in [-0.1, -0.05) is 0 Å². The molecule has 2 unspecified atom stereocenters. The number of rotatable bonds is 3. The molecule has 88 valence electrons. The minimum atomic E-state index is 0.288. The first-order valence-corrected chi connectivity index (χ1v) is 5.98. The third-order valence-corrected chi connectivity index (χ3v) is 3.31. The van der Waals surface area contributed by atoms with E-state index >= 15 is 0 Å². The molecule has 0 spiro atoms. The van der Waals surface area contributed by atoms with Crippen molar-refractivity contribution in [3.63, 3.8) is 0 Å². The summed E-state index contributed by atoms with van der Waals surface area (Å²) in [6, 6.07) is 3.91. The fourth-order valence-corrected chi connectivity index (χ4v) is 2.31. The van der Waals surface area contributed by atoms with Crippen LogP contribution in [0.25, 0.3) is 0 Å². The number of ether oxygens (including phenoxy) is 1. The van der Waals surface area contributed by atoms with Gasteiger partial charge in [-0.2, -0.15) is 5.26 Å². The molecule has 17 heavy (non-hydrogen) atoms. The number of aromatic nitrogens is 2. The van der Waals surface area contributed by atoms with E-state index in [2.05, 4.69) is 15.3 Å². The van der Waals surface area contributed by atoms with Crippen LogP contribution in [0.2, 0.25) is 0 Å². The van der Waals surface area contributed by atoms with Gasteiger partial charge in [0.05, 0.1) is 12.1 Å². The van der Waals surface area contributed by atoms with Gasteiger partial charge in [-0.25, -0.2) is 9.97 Å². The van der Waals surface area contributed by atoms with Crippen LogP contribution in [0.3, 0.4) is 0 Å². The summed E-state index contributed by atoms with van der Waals surface area (Å²) in [5.41, 5.74) is 0.393. The minimum Gasteiger partial charge on any atom is -0.376 e. The Morgan fingerprint density at radius 1 is 1.41 bits per heavy atom. The molecule has 0 amide bonds. The van der Waals surface area contributed by atoms with Gasteiger partial charge in [-0.15, -0.1) is 0 Å². The molecule has 1 saturated carbocycles. The van der Waals surface area contributed by atoms with Crippen molar-refractivity contribution in [2.24, 2.45) is 5.92 Å². The predicted molar refractivity (Wildman–Crippen MR) is 61.2 cm³/mol. The molecule has 1 saturated heterocycles. The first kappa shape index (κ1) is 10.5.